The number of imidazole rings is 2. The van der Waals surface area contributed by atoms with E-state index in [2.05, 4.69) is 50.9 Å². The molecule has 0 spiro atoms. The van der Waals surface area contributed by atoms with Crippen LogP contribution in [-0.4, -0.2) is 101 Å². The number of aromatic nitrogens is 4. The molecule has 5 heterocycles. The smallest absolute Gasteiger partial charge is 0.407 e. The lowest BCUT2D eigenvalue weighted by atomic mass is 9.86. The van der Waals surface area contributed by atoms with Crippen LogP contribution in [0.3, 0.4) is 0 Å². The quantitative estimate of drug-likeness (QED) is 0.110. The topological polar surface area (TPSA) is 193 Å². The number of alkyl carbamates (subject to hydrolysis) is 2. The van der Waals surface area contributed by atoms with Gasteiger partial charge in [0.25, 0.3) is 5.91 Å². The molecular weight excluding hydrogens is 817 g/mol. The summed E-state index contributed by atoms with van der Waals surface area (Å²) in [6.45, 7) is 5.70. The van der Waals surface area contributed by atoms with Crippen LogP contribution in [0.25, 0.3) is 33.6 Å². The van der Waals surface area contributed by atoms with E-state index in [0.29, 0.717) is 49.9 Å². The van der Waals surface area contributed by atoms with E-state index in [1.165, 1.54) is 19.8 Å². The molecule has 5 atom stereocenters. The molecule has 2 saturated heterocycles. The maximum Gasteiger partial charge on any atom is 0.407 e. The fraction of sp³-hybridized carbons (Fsp3) is 0.417. The SMILES string of the molecule is COCC1CC(c2nc3c([nH]2)CCc2cc4c(cc2-3)OCc2cc(-c3cnc(C5CCCN5C(=O)C(NC(=O)OC)C(C)C)[nH]3)ccc2-4)N(C(=O)C(NC(=O)OC)c2ccccc2)C1. The Labute approximate surface area is 371 Å². The molecule has 64 heavy (non-hydrogen) atoms. The van der Waals surface area contributed by atoms with E-state index < -0.39 is 24.3 Å². The molecule has 4 amide bonds. The molecule has 4 aliphatic rings. The summed E-state index contributed by atoms with van der Waals surface area (Å²) in [5.74, 6) is 1.76. The number of rotatable bonds is 11. The van der Waals surface area contributed by atoms with Gasteiger partial charge in [0.05, 0.1) is 50.5 Å². The lowest BCUT2D eigenvalue weighted by Crippen LogP contribution is -2.51. The second-order valence-electron chi connectivity index (χ2n) is 17.4. The second kappa shape index (κ2) is 17.8. The predicted octanol–water partition coefficient (Wildman–Crippen LogP) is 6.80. The predicted molar refractivity (Wildman–Crippen MR) is 236 cm³/mol. The van der Waals surface area contributed by atoms with Crippen LogP contribution in [0.5, 0.6) is 5.75 Å². The second-order valence-corrected chi connectivity index (χ2v) is 17.4. The van der Waals surface area contributed by atoms with Crippen molar-refractivity contribution in [3.63, 3.8) is 0 Å². The highest BCUT2D eigenvalue weighted by Gasteiger charge is 2.42. The van der Waals surface area contributed by atoms with Crippen LogP contribution >= 0.6 is 0 Å². The lowest BCUT2D eigenvalue weighted by molar-refractivity contribution is -0.136. The fourth-order valence-electron chi connectivity index (χ4n) is 9.84. The zero-order valence-corrected chi connectivity index (χ0v) is 36.7. The van der Waals surface area contributed by atoms with Crippen molar-refractivity contribution in [1.82, 2.24) is 40.4 Å². The van der Waals surface area contributed by atoms with Gasteiger partial charge in [-0.1, -0.05) is 56.3 Å². The Morgan fingerprint density at radius 1 is 0.844 bits per heavy atom. The number of aryl methyl sites for hydroxylation is 2. The van der Waals surface area contributed by atoms with Gasteiger partial charge in [0.1, 0.15) is 36.1 Å². The number of methoxy groups -OCH3 is 3. The maximum atomic E-state index is 14.4. The van der Waals surface area contributed by atoms with Gasteiger partial charge in [-0.15, -0.1) is 0 Å². The first-order valence-electron chi connectivity index (χ1n) is 22.0. The van der Waals surface area contributed by atoms with Crippen LogP contribution in [0.15, 0.2) is 66.9 Å². The highest BCUT2D eigenvalue weighted by atomic mass is 16.5. The number of ether oxygens (including phenoxy) is 4. The van der Waals surface area contributed by atoms with Crippen LogP contribution in [-0.2, 0) is 43.2 Å². The van der Waals surface area contributed by atoms with Crippen molar-refractivity contribution >= 4 is 24.0 Å². The molecule has 4 N–H and O–H groups in total. The van der Waals surface area contributed by atoms with Crippen molar-refractivity contribution in [3.8, 4) is 39.4 Å². The number of fused-ring (bicyclic) bond motifs is 6. The molecule has 334 valence electrons. The van der Waals surface area contributed by atoms with Gasteiger partial charge in [0, 0.05) is 42.9 Å². The molecule has 2 fully saturated rings. The zero-order valence-electron chi connectivity index (χ0n) is 36.7. The molecule has 3 aliphatic heterocycles. The third-order valence-electron chi connectivity index (χ3n) is 13.0. The number of hydrogen-bond acceptors (Lipinski definition) is 10. The molecule has 16 heteroatoms. The van der Waals surface area contributed by atoms with Crippen LogP contribution in [0, 0.1) is 11.8 Å². The average molecular weight is 871 g/mol. The van der Waals surface area contributed by atoms with Crippen molar-refractivity contribution in [2.24, 2.45) is 11.8 Å². The van der Waals surface area contributed by atoms with Crippen LogP contribution < -0.4 is 15.4 Å². The number of hydrogen-bond donors (Lipinski definition) is 4. The minimum absolute atomic E-state index is 0.0772. The summed E-state index contributed by atoms with van der Waals surface area (Å²) in [7, 11) is 4.24. The van der Waals surface area contributed by atoms with Crippen molar-refractivity contribution in [2.45, 2.75) is 76.7 Å². The molecule has 3 aromatic carbocycles. The number of nitrogens with zero attached hydrogens (tertiary/aromatic N) is 4. The number of aromatic amines is 2. The van der Waals surface area contributed by atoms with Crippen LogP contribution in [0.2, 0.25) is 0 Å². The summed E-state index contributed by atoms with van der Waals surface area (Å²) in [5, 5.41) is 5.47. The minimum Gasteiger partial charge on any atom is -0.488 e. The molecule has 1 aliphatic carbocycles. The van der Waals surface area contributed by atoms with Crippen molar-refractivity contribution < 1.29 is 38.1 Å². The summed E-state index contributed by atoms with van der Waals surface area (Å²) >= 11 is 0. The molecule has 0 radical (unpaired) electrons. The molecule has 0 bridgehead atoms. The maximum absolute atomic E-state index is 14.4. The van der Waals surface area contributed by atoms with Gasteiger partial charge in [-0.25, -0.2) is 19.6 Å². The van der Waals surface area contributed by atoms with Gasteiger partial charge < -0.3 is 49.3 Å². The van der Waals surface area contributed by atoms with Crippen LogP contribution in [0.1, 0.15) is 85.3 Å². The minimum atomic E-state index is -0.940. The number of carbonyl (C=O) groups excluding carboxylic acids is 4. The summed E-state index contributed by atoms with van der Waals surface area (Å²) in [4.78, 5) is 73.3. The first-order valence-corrected chi connectivity index (χ1v) is 22.0. The Kier molecular flexibility index (Phi) is 11.9. The Morgan fingerprint density at radius 3 is 2.41 bits per heavy atom. The van der Waals surface area contributed by atoms with E-state index >= 15 is 0 Å². The summed E-state index contributed by atoms with van der Waals surface area (Å²) in [5.41, 5.74) is 9.69. The molecule has 5 aromatic rings. The number of likely N-dealkylation sites (tertiary alicyclic amines) is 2. The molecular formula is C48H54N8O8. The first-order chi connectivity index (χ1) is 31.0. The number of nitrogens with one attached hydrogen (secondary N) is 4. The molecule has 16 nitrogen and oxygen atoms in total. The highest BCUT2D eigenvalue weighted by molar-refractivity contribution is 5.88. The number of H-pyrrole nitrogens is 2. The Hall–Kier alpha value is -6.68. The van der Waals surface area contributed by atoms with E-state index in [9.17, 15) is 19.2 Å². The number of carbonyl (C=O) groups is 4. The third-order valence-corrected chi connectivity index (χ3v) is 13.0. The molecule has 5 unspecified atom stereocenters. The fourth-order valence-corrected chi connectivity index (χ4v) is 9.84. The normalized spacial score (nSPS) is 19.4. The Bertz CT molecular complexity index is 2570. The van der Waals surface area contributed by atoms with E-state index in [1.54, 1.807) is 7.11 Å². The molecule has 9 rings (SSSR count). The van der Waals surface area contributed by atoms with Gasteiger partial charge in [-0.05, 0) is 84.0 Å². The van der Waals surface area contributed by atoms with Gasteiger partial charge >= 0.3 is 12.2 Å². The van der Waals surface area contributed by atoms with Gasteiger partial charge in [0.2, 0.25) is 5.91 Å². The van der Waals surface area contributed by atoms with E-state index in [-0.39, 0.29) is 35.7 Å². The summed E-state index contributed by atoms with van der Waals surface area (Å²) < 4.78 is 21.7. The first kappa shape index (κ1) is 42.6. The Morgan fingerprint density at radius 2 is 1.64 bits per heavy atom. The van der Waals surface area contributed by atoms with Gasteiger partial charge in [-0.2, -0.15) is 0 Å². The van der Waals surface area contributed by atoms with E-state index in [4.69, 9.17) is 28.9 Å². The Balaban J connectivity index is 0.955. The van der Waals surface area contributed by atoms with Gasteiger partial charge in [-0.3, -0.25) is 9.59 Å². The van der Waals surface area contributed by atoms with Crippen molar-refractivity contribution in [1.29, 1.82) is 0 Å². The zero-order chi connectivity index (χ0) is 44.6. The third kappa shape index (κ3) is 8.06. The van der Waals surface area contributed by atoms with Crippen LogP contribution in [0.4, 0.5) is 9.59 Å². The van der Waals surface area contributed by atoms with E-state index in [0.717, 1.165) is 76.3 Å². The van der Waals surface area contributed by atoms with E-state index in [1.807, 2.05) is 60.2 Å². The summed E-state index contributed by atoms with van der Waals surface area (Å²) in [6.07, 6.45) is 4.30. The van der Waals surface area contributed by atoms with Gasteiger partial charge in [0.15, 0.2) is 0 Å². The highest BCUT2D eigenvalue weighted by Crippen LogP contribution is 2.46. The largest absolute Gasteiger partial charge is 0.488 e. The molecule has 0 saturated carbocycles. The number of amides is 4. The molecule has 2 aromatic heterocycles. The lowest BCUT2D eigenvalue weighted by Gasteiger charge is -2.30. The van der Waals surface area contributed by atoms with Crippen molar-refractivity contribution in [3.05, 3.63) is 101 Å². The average Bonchev–Trinajstić information content (AvgIpc) is 4.15. The monoisotopic (exact) mass is 870 g/mol. The van der Waals surface area contributed by atoms with Crippen molar-refractivity contribution in [2.75, 3.05) is 41.0 Å². The summed E-state index contributed by atoms with van der Waals surface area (Å²) in [6, 6.07) is 17.6. The number of benzene rings is 3. The standard InChI is InChI=1S/C48H54N8O8/c1-26(2)40(53-47(59)62-4)45(57)55-17-9-12-37(55)43-49-22-36(51-43)30-13-15-32-31(19-30)25-64-39-21-33-29(20-34(32)39)14-16-35-42(33)52-44(50-35)38-18-27(24-61-3)23-56(38)46(58)41(54-48(60)63-5)28-10-7-6-8-11-28/h6-8,10-11,13,15,19-22,26-27,37-38,40-41H,9,12,14,16-18,23-25H2,1-5H3,(H,49,51)(H,50,52)(H,53,59)(H,54,60).